The van der Waals surface area contributed by atoms with E-state index in [2.05, 4.69) is 33.2 Å². The van der Waals surface area contributed by atoms with Crippen molar-refractivity contribution in [2.24, 2.45) is 0 Å². The molecule has 2 nitrogen and oxygen atoms in total. The summed E-state index contributed by atoms with van der Waals surface area (Å²) < 4.78 is 2.99. The number of benzene rings is 2. The highest BCUT2D eigenvalue weighted by Gasteiger charge is 2.03. The Hall–Kier alpha value is -1.58. The quantitative estimate of drug-likeness (QED) is 0.651. The molecule has 0 saturated carbocycles. The Labute approximate surface area is 131 Å². The molecule has 3 aromatic rings. The van der Waals surface area contributed by atoms with Gasteiger partial charge in [-0.25, -0.2) is 0 Å². The van der Waals surface area contributed by atoms with E-state index in [0.717, 1.165) is 26.2 Å². The predicted molar refractivity (Wildman–Crippen MR) is 85.9 cm³/mol. The van der Waals surface area contributed by atoms with Gasteiger partial charge in [-0.2, -0.15) is 5.10 Å². The van der Waals surface area contributed by atoms with Gasteiger partial charge >= 0.3 is 0 Å². The van der Waals surface area contributed by atoms with Gasteiger partial charge < -0.3 is 0 Å². The summed E-state index contributed by atoms with van der Waals surface area (Å²) in [6.07, 6.45) is 3.93. The van der Waals surface area contributed by atoms with E-state index >= 15 is 0 Å². The lowest BCUT2D eigenvalue weighted by Crippen LogP contribution is -1.99. The highest BCUT2D eigenvalue weighted by atomic mass is 79.9. The van der Waals surface area contributed by atoms with Crippen molar-refractivity contribution in [3.05, 3.63) is 76.0 Å². The van der Waals surface area contributed by atoms with Crippen LogP contribution in [0.2, 0.25) is 5.02 Å². The van der Waals surface area contributed by atoms with Gasteiger partial charge in [0.2, 0.25) is 0 Å². The molecule has 20 heavy (non-hydrogen) atoms. The summed E-state index contributed by atoms with van der Waals surface area (Å²) in [4.78, 5) is 0. The first-order chi connectivity index (χ1) is 9.70. The molecule has 0 bridgehead atoms. The number of nitrogens with zero attached hydrogens (tertiary/aromatic N) is 2. The van der Waals surface area contributed by atoms with Gasteiger partial charge in [-0.15, -0.1) is 0 Å². The first-order valence-corrected chi connectivity index (χ1v) is 7.41. The van der Waals surface area contributed by atoms with E-state index in [9.17, 15) is 0 Å². The maximum atomic E-state index is 5.99. The third kappa shape index (κ3) is 3.11. The zero-order valence-electron chi connectivity index (χ0n) is 10.6. The molecule has 0 aliphatic heterocycles. The Bertz CT molecular complexity index is 737. The third-order valence-corrected chi connectivity index (χ3v) is 3.75. The average molecular weight is 348 g/mol. The standard InChI is InChI=1S/C16H12BrClN2/c17-15-5-2-4-13(8-15)14-9-19-20(11-14)10-12-3-1-6-16(18)7-12/h1-9,11H,10H2. The summed E-state index contributed by atoms with van der Waals surface area (Å²) in [7, 11) is 0. The molecule has 4 heteroatoms. The molecule has 1 aromatic heterocycles. The minimum Gasteiger partial charge on any atom is -0.268 e. The summed E-state index contributed by atoms with van der Waals surface area (Å²) >= 11 is 9.48. The molecular weight excluding hydrogens is 336 g/mol. The molecule has 0 unspecified atom stereocenters. The molecule has 0 spiro atoms. The van der Waals surface area contributed by atoms with E-state index in [-0.39, 0.29) is 0 Å². The second-order valence-corrected chi connectivity index (χ2v) is 5.92. The molecule has 0 fully saturated rings. The zero-order valence-corrected chi connectivity index (χ0v) is 13.0. The number of halogens is 2. The van der Waals surface area contributed by atoms with Crippen LogP contribution in [0.4, 0.5) is 0 Å². The summed E-state index contributed by atoms with van der Waals surface area (Å²) in [6, 6.07) is 16.0. The second kappa shape index (κ2) is 5.81. The van der Waals surface area contributed by atoms with Gasteiger partial charge in [0.05, 0.1) is 12.7 Å². The topological polar surface area (TPSA) is 17.8 Å². The Morgan fingerprint density at radius 1 is 1.05 bits per heavy atom. The van der Waals surface area contributed by atoms with Crippen molar-refractivity contribution < 1.29 is 0 Å². The van der Waals surface area contributed by atoms with Crippen LogP contribution >= 0.6 is 27.5 Å². The SMILES string of the molecule is Clc1cccc(Cn2cc(-c3cccc(Br)c3)cn2)c1. The maximum absolute atomic E-state index is 5.99. The molecule has 0 saturated heterocycles. The van der Waals surface area contributed by atoms with E-state index in [1.165, 1.54) is 0 Å². The summed E-state index contributed by atoms with van der Waals surface area (Å²) in [5.41, 5.74) is 3.39. The number of hydrogen-bond acceptors (Lipinski definition) is 1. The molecule has 0 radical (unpaired) electrons. The van der Waals surface area contributed by atoms with Crippen LogP contribution in [0.3, 0.4) is 0 Å². The van der Waals surface area contributed by atoms with Crippen molar-refractivity contribution in [1.82, 2.24) is 9.78 Å². The minimum atomic E-state index is 0.717. The molecule has 0 aliphatic carbocycles. The normalized spacial score (nSPS) is 10.7. The highest BCUT2D eigenvalue weighted by Crippen LogP contribution is 2.22. The second-order valence-electron chi connectivity index (χ2n) is 4.57. The fraction of sp³-hybridized carbons (Fsp3) is 0.0625. The van der Waals surface area contributed by atoms with E-state index in [0.29, 0.717) is 6.54 Å². The molecule has 0 N–H and O–H groups in total. The van der Waals surface area contributed by atoms with Crippen LogP contribution < -0.4 is 0 Å². The third-order valence-electron chi connectivity index (χ3n) is 3.02. The fourth-order valence-electron chi connectivity index (χ4n) is 2.09. The van der Waals surface area contributed by atoms with E-state index in [1.807, 2.05) is 53.5 Å². The molecule has 100 valence electrons. The molecule has 2 aromatic carbocycles. The van der Waals surface area contributed by atoms with E-state index in [4.69, 9.17) is 11.6 Å². The maximum Gasteiger partial charge on any atom is 0.0660 e. The van der Waals surface area contributed by atoms with Crippen molar-refractivity contribution >= 4 is 27.5 Å². The Morgan fingerprint density at radius 2 is 1.90 bits per heavy atom. The van der Waals surface area contributed by atoms with Gasteiger partial charge in [0.25, 0.3) is 0 Å². The first-order valence-electron chi connectivity index (χ1n) is 6.23. The Morgan fingerprint density at radius 3 is 2.70 bits per heavy atom. The molecule has 3 rings (SSSR count). The largest absolute Gasteiger partial charge is 0.268 e. The van der Waals surface area contributed by atoms with Crippen LogP contribution in [0, 0.1) is 0 Å². The van der Waals surface area contributed by atoms with Crippen molar-refractivity contribution in [2.75, 3.05) is 0 Å². The lowest BCUT2D eigenvalue weighted by molar-refractivity contribution is 0.687. The van der Waals surface area contributed by atoms with Gasteiger partial charge in [-0.3, -0.25) is 4.68 Å². The van der Waals surface area contributed by atoms with Gasteiger partial charge in [0, 0.05) is 21.3 Å². The van der Waals surface area contributed by atoms with Gasteiger partial charge in [0.15, 0.2) is 0 Å². The smallest absolute Gasteiger partial charge is 0.0660 e. The lowest BCUT2D eigenvalue weighted by Gasteiger charge is -2.02. The van der Waals surface area contributed by atoms with E-state index < -0.39 is 0 Å². The van der Waals surface area contributed by atoms with E-state index in [1.54, 1.807) is 0 Å². The number of aromatic nitrogens is 2. The van der Waals surface area contributed by atoms with Crippen LogP contribution in [-0.4, -0.2) is 9.78 Å². The monoisotopic (exact) mass is 346 g/mol. The van der Waals surface area contributed by atoms with Crippen molar-refractivity contribution in [3.8, 4) is 11.1 Å². The number of rotatable bonds is 3. The fourth-order valence-corrected chi connectivity index (χ4v) is 2.70. The summed E-state index contributed by atoms with van der Waals surface area (Å²) in [5.74, 6) is 0. The summed E-state index contributed by atoms with van der Waals surface area (Å²) in [5, 5.41) is 5.16. The Balaban J connectivity index is 1.84. The average Bonchev–Trinajstić information content (AvgIpc) is 2.87. The predicted octanol–water partition coefficient (Wildman–Crippen LogP) is 5.01. The summed E-state index contributed by atoms with van der Waals surface area (Å²) in [6.45, 7) is 0.717. The van der Waals surface area contributed by atoms with Gasteiger partial charge in [-0.1, -0.05) is 51.8 Å². The van der Waals surface area contributed by atoms with Crippen LogP contribution in [0.1, 0.15) is 5.56 Å². The lowest BCUT2D eigenvalue weighted by atomic mass is 10.1. The van der Waals surface area contributed by atoms with Crippen LogP contribution in [0.5, 0.6) is 0 Å². The molecule has 0 atom stereocenters. The van der Waals surface area contributed by atoms with Crippen LogP contribution in [0.25, 0.3) is 11.1 Å². The van der Waals surface area contributed by atoms with Crippen molar-refractivity contribution in [2.45, 2.75) is 6.54 Å². The molecule has 1 heterocycles. The number of hydrogen-bond donors (Lipinski definition) is 0. The highest BCUT2D eigenvalue weighted by molar-refractivity contribution is 9.10. The minimum absolute atomic E-state index is 0.717. The Kier molecular flexibility index (Phi) is 3.90. The van der Waals surface area contributed by atoms with Gasteiger partial charge in [-0.05, 0) is 35.4 Å². The van der Waals surface area contributed by atoms with Gasteiger partial charge in [0.1, 0.15) is 0 Å². The van der Waals surface area contributed by atoms with Crippen molar-refractivity contribution in [3.63, 3.8) is 0 Å². The molecular formula is C16H12BrClN2. The first kappa shape index (κ1) is 13.4. The van der Waals surface area contributed by atoms with Crippen LogP contribution in [0.15, 0.2) is 65.4 Å². The molecule has 0 amide bonds. The van der Waals surface area contributed by atoms with Crippen molar-refractivity contribution in [1.29, 1.82) is 0 Å². The van der Waals surface area contributed by atoms with Crippen LogP contribution in [-0.2, 0) is 6.54 Å². The molecule has 0 aliphatic rings. The zero-order chi connectivity index (χ0) is 13.9.